The van der Waals surface area contributed by atoms with Crippen molar-refractivity contribution in [3.05, 3.63) is 35.4 Å². The third kappa shape index (κ3) is 3.19. The van der Waals surface area contributed by atoms with Gasteiger partial charge in [-0.15, -0.1) is 0 Å². The number of ether oxygens (including phenoxy) is 1. The number of benzene rings is 1. The molecule has 2 N–H and O–H groups in total. The number of aromatic amines is 1. The fraction of sp³-hybridized carbons (Fsp3) is 0.438. The first kappa shape index (κ1) is 5.02. The number of cyclic esters (lactones) is 1. The minimum atomic E-state index is -3.25. The predicted molar refractivity (Wildman–Crippen MR) is 82.5 cm³/mol. The number of nitrogens with zero attached hydrogens (tertiary/aromatic N) is 1. The van der Waals surface area contributed by atoms with Gasteiger partial charge in [0.1, 0.15) is 6.56 Å². The Kier molecular flexibility index (Phi) is 1.38. The van der Waals surface area contributed by atoms with Gasteiger partial charge in [0, 0.05) is 33.2 Å². The van der Waals surface area contributed by atoms with Gasteiger partial charge in [0.05, 0.1) is 15.6 Å². The summed E-state index contributed by atoms with van der Waals surface area (Å²) in [7, 11) is 0.822. The number of amides is 1. The van der Waals surface area contributed by atoms with E-state index in [9.17, 15) is 4.79 Å². The summed E-state index contributed by atoms with van der Waals surface area (Å²) in [5.74, 6) is 0. The first-order valence-electron chi connectivity index (χ1n) is 13.0. The number of nitrogens with one attached hydrogen (secondary N) is 2. The van der Waals surface area contributed by atoms with E-state index < -0.39 is 85.7 Å². The first-order chi connectivity index (χ1) is 15.6. The van der Waals surface area contributed by atoms with Gasteiger partial charge >= 0.3 is 6.09 Å². The molecule has 21 heavy (non-hydrogen) atoms. The number of alkyl carbamates (subject to hydrolysis) is 1. The Bertz CT molecular complexity index is 1210. The molecule has 2 aromatic rings. The highest BCUT2D eigenvalue weighted by Gasteiger charge is 2.22. The van der Waals surface area contributed by atoms with Gasteiger partial charge in [0.25, 0.3) is 0 Å². The molecule has 1 amide bonds. The highest BCUT2D eigenvalue weighted by molar-refractivity contribution is 5.84. The second kappa shape index (κ2) is 5.77. The number of hydrogen-bond donors (Lipinski definition) is 2. The number of carbonyl (C=O) groups is 1. The number of H-pyrrole nitrogens is 1. The Morgan fingerprint density at radius 2 is 2.62 bits per heavy atom. The van der Waals surface area contributed by atoms with Crippen LogP contribution >= 0.6 is 0 Å². The van der Waals surface area contributed by atoms with Gasteiger partial charge in [-0.05, 0) is 50.0 Å². The quantitative estimate of drug-likeness (QED) is 0.887. The molecule has 0 bridgehead atoms. The molecule has 0 aliphatic carbocycles. The highest BCUT2D eigenvalue weighted by atomic mass is 16.6. The van der Waals surface area contributed by atoms with Crippen LogP contribution in [0.3, 0.4) is 0 Å². The average molecular weight is 301 g/mol. The molecule has 1 aromatic carbocycles. The molecule has 1 atom stereocenters. The van der Waals surface area contributed by atoms with Gasteiger partial charge in [-0.2, -0.15) is 0 Å². The molecule has 0 unspecified atom stereocenters. The van der Waals surface area contributed by atoms with Gasteiger partial charge in [-0.25, -0.2) is 4.79 Å². The number of carbonyl (C=O) groups excluding carboxylic acids is 1. The standard InChI is InChI=1S/C16H21N3O2/c1-19(2)6-5-12-9-17-15-4-3-11(8-14(12)15)7-13-10-21-16(20)18-13/h3-4,8-9,13,17H,5-7,10H2,1-2H3,(H,18,20)/t13-/m0/s1/i1D3,3D,4D,5D2,6D2,8D,9D,10D2,13D. The monoisotopic (exact) mass is 301 g/mol. The topological polar surface area (TPSA) is 57.4 Å². The lowest BCUT2D eigenvalue weighted by molar-refractivity contribution is 0.177. The van der Waals surface area contributed by atoms with Crippen LogP contribution in [-0.2, 0) is 17.5 Å². The molecule has 5 nitrogen and oxygen atoms in total. The lowest BCUT2D eigenvalue weighted by Crippen LogP contribution is -2.28. The second-order valence-corrected chi connectivity index (χ2v) is 4.30. The van der Waals surface area contributed by atoms with Gasteiger partial charge in [-0.3, -0.25) is 0 Å². The van der Waals surface area contributed by atoms with Crippen molar-refractivity contribution < 1.29 is 28.7 Å². The molecule has 3 rings (SSSR count). The van der Waals surface area contributed by atoms with Crippen LogP contribution in [0.2, 0.25) is 0 Å². The van der Waals surface area contributed by atoms with Gasteiger partial charge in [-0.1, -0.05) is 6.04 Å². The summed E-state index contributed by atoms with van der Waals surface area (Å²) in [6, 6.07) is -4.56. The Morgan fingerprint density at radius 1 is 1.71 bits per heavy atom. The lowest BCUT2D eigenvalue weighted by Gasteiger charge is -2.09. The molecule has 5 heteroatoms. The van der Waals surface area contributed by atoms with E-state index in [4.69, 9.17) is 19.2 Å². The molecule has 0 radical (unpaired) electrons. The Morgan fingerprint density at radius 3 is 3.38 bits per heavy atom. The Hall–Kier alpha value is -2.01. The maximum absolute atomic E-state index is 11.6. The SMILES string of the molecule is [2H]c1[nH]c2c([2H])c([2H])c(C[C@]3([2H])NC(=O)OC3([2H])[2H])c([2H])c2c1C([2H])([2H])C([2H])([2H])N(C)C([2H])([2H])[2H]. The van der Waals surface area contributed by atoms with Crippen molar-refractivity contribution in [2.75, 3.05) is 27.1 Å². The zero-order valence-corrected chi connectivity index (χ0v) is 11.0. The maximum Gasteiger partial charge on any atom is 0.407 e. The van der Waals surface area contributed by atoms with E-state index in [0.29, 0.717) is 0 Å². The van der Waals surface area contributed by atoms with E-state index in [2.05, 4.69) is 9.72 Å². The molecular formula is C16H21N3O2. The van der Waals surface area contributed by atoms with Crippen molar-refractivity contribution in [3.8, 4) is 0 Å². The summed E-state index contributed by atoms with van der Waals surface area (Å²) < 4.78 is 117. The molecule has 1 aromatic heterocycles. The summed E-state index contributed by atoms with van der Waals surface area (Å²) in [6.45, 7) is -9.21. The highest BCUT2D eigenvalue weighted by Crippen LogP contribution is 2.21. The van der Waals surface area contributed by atoms with E-state index in [-0.39, 0.29) is 10.4 Å². The third-order valence-electron chi connectivity index (χ3n) is 2.65. The summed E-state index contributed by atoms with van der Waals surface area (Å²) in [6.07, 6.45) is -6.12. The number of rotatable bonds is 5. The molecule has 0 saturated carbocycles. The predicted octanol–water partition coefficient (Wildman–Crippen LogP) is 1.92. The number of fused-ring (bicyclic) bond motifs is 1. The van der Waals surface area contributed by atoms with Crippen LogP contribution in [0.15, 0.2) is 24.3 Å². The van der Waals surface area contributed by atoms with Crippen molar-refractivity contribution in [3.63, 3.8) is 0 Å². The van der Waals surface area contributed by atoms with Crippen molar-refractivity contribution in [1.29, 1.82) is 0 Å². The maximum atomic E-state index is 11.6. The molecule has 1 aliphatic rings. The molecule has 112 valence electrons. The fourth-order valence-corrected chi connectivity index (χ4v) is 1.77. The molecule has 2 heterocycles. The van der Waals surface area contributed by atoms with Crippen LogP contribution in [0.25, 0.3) is 10.9 Å². The minimum absolute atomic E-state index is 0.155. The fourth-order valence-electron chi connectivity index (χ4n) is 1.77. The molecule has 1 fully saturated rings. The van der Waals surface area contributed by atoms with Crippen LogP contribution in [-0.4, -0.2) is 49.1 Å². The van der Waals surface area contributed by atoms with Crippen molar-refractivity contribution >= 4 is 17.0 Å². The van der Waals surface area contributed by atoms with Crippen LogP contribution in [0.5, 0.6) is 0 Å². The largest absolute Gasteiger partial charge is 0.447 e. The first-order valence-corrected chi connectivity index (χ1v) is 5.96. The summed E-state index contributed by atoms with van der Waals surface area (Å²) in [5.41, 5.74) is -1.62. The van der Waals surface area contributed by atoms with E-state index in [0.717, 1.165) is 7.05 Å². The smallest absolute Gasteiger partial charge is 0.407 e. The van der Waals surface area contributed by atoms with E-state index in [1.165, 1.54) is 0 Å². The summed E-state index contributed by atoms with van der Waals surface area (Å²) in [4.78, 5) is 14.1. The number of likely N-dealkylation sites (N-methyl/N-ethyl adjacent to an activating group) is 1. The van der Waals surface area contributed by atoms with Gasteiger partial charge < -0.3 is 19.9 Å². The van der Waals surface area contributed by atoms with Crippen LogP contribution < -0.4 is 5.32 Å². The Balaban J connectivity index is 2.30. The number of hydrogen-bond acceptors (Lipinski definition) is 3. The second-order valence-electron chi connectivity index (χ2n) is 4.30. The Labute approximate surface area is 143 Å². The summed E-state index contributed by atoms with van der Waals surface area (Å²) in [5, 5.41) is 1.45. The van der Waals surface area contributed by atoms with Crippen LogP contribution in [0, 0.1) is 0 Å². The zero-order valence-electron chi connectivity index (χ0n) is 25.0. The lowest BCUT2D eigenvalue weighted by atomic mass is 10.0. The summed E-state index contributed by atoms with van der Waals surface area (Å²) >= 11 is 0. The number of aryl methyl sites for hydroxylation is 1. The van der Waals surface area contributed by atoms with Crippen LogP contribution in [0.1, 0.15) is 30.3 Å². The molecule has 1 aliphatic heterocycles. The van der Waals surface area contributed by atoms with Crippen LogP contribution in [0.4, 0.5) is 4.79 Å². The molecular weight excluding hydrogens is 266 g/mol. The molecule has 1 saturated heterocycles. The minimum Gasteiger partial charge on any atom is -0.447 e. The zero-order chi connectivity index (χ0) is 27.1. The van der Waals surface area contributed by atoms with Gasteiger partial charge in [0.15, 0.2) is 0 Å². The average Bonchev–Trinajstić information content (AvgIpc) is 3.14. The van der Waals surface area contributed by atoms with E-state index in [1.807, 2.05) is 5.32 Å². The normalized spacial score (nSPS) is 35.8. The van der Waals surface area contributed by atoms with Crippen molar-refractivity contribution in [1.82, 2.24) is 15.2 Å². The van der Waals surface area contributed by atoms with Gasteiger partial charge in [0.2, 0.25) is 0 Å². The number of aromatic nitrogens is 1. The van der Waals surface area contributed by atoms with E-state index >= 15 is 0 Å². The molecule has 0 spiro atoms. The van der Waals surface area contributed by atoms with E-state index in [1.54, 1.807) is 0 Å². The van der Waals surface area contributed by atoms with Crippen molar-refractivity contribution in [2.24, 2.45) is 0 Å². The third-order valence-corrected chi connectivity index (χ3v) is 2.65. The van der Waals surface area contributed by atoms with Crippen molar-refractivity contribution in [2.45, 2.75) is 18.8 Å².